The first-order valence-corrected chi connectivity index (χ1v) is 6.93. The second kappa shape index (κ2) is 6.50. The summed E-state index contributed by atoms with van der Waals surface area (Å²) in [5, 5.41) is 3.67. The Kier molecular flexibility index (Phi) is 4.91. The minimum absolute atomic E-state index is 0.0147. The molecule has 0 amide bonds. The molecule has 0 atom stereocenters. The van der Waals surface area contributed by atoms with Crippen LogP contribution in [-0.2, 0) is 6.54 Å². The quantitative estimate of drug-likeness (QED) is 0.790. The maximum Gasteiger partial charge on any atom is 0.195 e. The Bertz CT molecular complexity index is 656. The van der Waals surface area contributed by atoms with Gasteiger partial charge in [-0.05, 0) is 29.3 Å². The molecule has 1 nitrogen and oxygen atoms in total. The van der Waals surface area contributed by atoms with Crippen LogP contribution < -0.4 is 5.32 Å². The highest BCUT2D eigenvalue weighted by atomic mass is 35.5. The molecule has 0 saturated heterocycles. The Morgan fingerprint density at radius 1 is 1.05 bits per heavy atom. The van der Waals surface area contributed by atoms with Gasteiger partial charge in [0, 0.05) is 23.2 Å². The number of halogens is 4. The third kappa shape index (κ3) is 3.57. The zero-order chi connectivity index (χ0) is 15.6. The third-order valence-electron chi connectivity index (χ3n) is 3.10. The van der Waals surface area contributed by atoms with E-state index >= 15 is 0 Å². The standard InChI is InChI=1S/C16H15ClF3N/c1-9(2)21-8-11-4-3-10(7-13(11)17)12-5-6-14(18)16(20)15(12)19/h3-7,9,21H,8H2,1-2H3. The van der Waals surface area contributed by atoms with Gasteiger partial charge in [-0.25, -0.2) is 13.2 Å². The molecule has 0 aliphatic carbocycles. The molecule has 112 valence electrons. The summed E-state index contributed by atoms with van der Waals surface area (Å²) < 4.78 is 40.0. The van der Waals surface area contributed by atoms with Crippen molar-refractivity contribution in [1.82, 2.24) is 5.32 Å². The summed E-state index contributed by atoms with van der Waals surface area (Å²) in [5.41, 5.74) is 1.25. The molecule has 0 fully saturated rings. The van der Waals surface area contributed by atoms with Gasteiger partial charge < -0.3 is 5.32 Å². The zero-order valence-electron chi connectivity index (χ0n) is 11.7. The Balaban J connectivity index is 2.34. The minimum atomic E-state index is -1.48. The van der Waals surface area contributed by atoms with Gasteiger partial charge in [-0.1, -0.05) is 37.6 Å². The van der Waals surface area contributed by atoms with Crippen molar-refractivity contribution in [2.75, 3.05) is 0 Å². The van der Waals surface area contributed by atoms with Crippen molar-refractivity contribution < 1.29 is 13.2 Å². The van der Waals surface area contributed by atoms with Crippen LogP contribution in [0.5, 0.6) is 0 Å². The fraction of sp³-hybridized carbons (Fsp3) is 0.250. The first-order chi connectivity index (χ1) is 9.90. The van der Waals surface area contributed by atoms with Gasteiger partial charge in [-0.3, -0.25) is 0 Å². The minimum Gasteiger partial charge on any atom is -0.310 e. The molecule has 2 aromatic carbocycles. The second-order valence-corrected chi connectivity index (χ2v) is 5.47. The van der Waals surface area contributed by atoms with E-state index < -0.39 is 17.5 Å². The smallest absolute Gasteiger partial charge is 0.195 e. The first-order valence-electron chi connectivity index (χ1n) is 6.56. The van der Waals surface area contributed by atoms with Crippen molar-refractivity contribution in [2.45, 2.75) is 26.4 Å². The lowest BCUT2D eigenvalue weighted by Crippen LogP contribution is -2.21. The van der Waals surface area contributed by atoms with Crippen molar-refractivity contribution >= 4 is 11.6 Å². The number of nitrogens with one attached hydrogen (secondary N) is 1. The number of rotatable bonds is 4. The zero-order valence-corrected chi connectivity index (χ0v) is 12.4. The van der Waals surface area contributed by atoms with E-state index in [1.165, 1.54) is 6.07 Å². The van der Waals surface area contributed by atoms with E-state index in [-0.39, 0.29) is 5.56 Å². The van der Waals surface area contributed by atoms with Crippen LogP contribution in [0.2, 0.25) is 5.02 Å². The summed E-state index contributed by atoms with van der Waals surface area (Å²) in [6.45, 7) is 4.61. The van der Waals surface area contributed by atoms with Gasteiger partial charge in [0.2, 0.25) is 0 Å². The van der Waals surface area contributed by atoms with Crippen LogP contribution in [0, 0.1) is 17.5 Å². The molecule has 0 heterocycles. The molecule has 5 heteroatoms. The maximum absolute atomic E-state index is 13.8. The fourth-order valence-corrected chi connectivity index (χ4v) is 2.17. The van der Waals surface area contributed by atoms with Crippen LogP contribution in [-0.4, -0.2) is 6.04 Å². The molecular weight excluding hydrogens is 299 g/mol. The van der Waals surface area contributed by atoms with Crippen molar-refractivity contribution in [1.29, 1.82) is 0 Å². The van der Waals surface area contributed by atoms with Gasteiger partial charge in [-0.15, -0.1) is 0 Å². The molecule has 0 unspecified atom stereocenters. The molecule has 0 spiro atoms. The van der Waals surface area contributed by atoms with Gasteiger partial charge >= 0.3 is 0 Å². The lowest BCUT2D eigenvalue weighted by Gasteiger charge is -2.11. The Morgan fingerprint density at radius 3 is 2.38 bits per heavy atom. The van der Waals surface area contributed by atoms with E-state index in [1.807, 2.05) is 13.8 Å². The normalized spacial score (nSPS) is 11.2. The van der Waals surface area contributed by atoms with Crippen LogP contribution >= 0.6 is 11.6 Å². The molecule has 0 aromatic heterocycles. The average molecular weight is 314 g/mol. The van der Waals surface area contributed by atoms with Gasteiger partial charge in [0.05, 0.1) is 0 Å². The van der Waals surface area contributed by atoms with Crippen LogP contribution in [0.1, 0.15) is 19.4 Å². The molecule has 0 aliphatic heterocycles. The predicted molar refractivity (Wildman–Crippen MR) is 78.7 cm³/mol. The molecule has 0 aliphatic rings. The van der Waals surface area contributed by atoms with E-state index in [4.69, 9.17) is 11.6 Å². The molecule has 2 rings (SSSR count). The molecule has 2 aromatic rings. The van der Waals surface area contributed by atoms with Crippen LogP contribution in [0.15, 0.2) is 30.3 Å². The molecule has 0 saturated carbocycles. The summed E-state index contributed by atoms with van der Waals surface area (Å²) in [7, 11) is 0. The molecule has 1 N–H and O–H groups in total. The van der Waals surface area contributed by atoms with Crippen molar-refractivity contribution in [2.24, 2.45) is 0 Å². The lowest BCUT2D eigenvalue weighted by molar-refractivity contribution is 0.449. The Morgan fingerprint density at radius 2 is 1.76 bits per heavy atom. The van der Waals surface area contributed by atoms with Gasteiger partial charge in [0.25, 0.3) is 0 Å². The van der Waals surface area contributed by atoms with Crippen molar-refractivity contribution in [3.8, 4) is 11.1 Å². The average Bonchev–Trinajstić information content (AvgIpc) is 2.43. The largest absolute Gasteiger partial charge is 0.310 e. The molecule has 0 bridgehead atoms. The van der Waals surface area contributed by atoms with Gasteiger partial charge in [0.1, 0.15) is 0 Å². The highest BCUT2D eigenvalue weighted by Crippen LogP contribution is 2.29. The first kappa shape index (κ1) is 15.9. The number of hydrogen-bond acceptors (Lipinski definition) is 1. The van der Waals surface area contributed by atoms with Gasteiger partial charge in [0.15, 0.2) is 17.5 Å². The van der Waals surface area contributed by atoms with E-state index in [2.05, 4.69) is 5.32 Å². The monoisotopic (exact) mass is 313 g/mol. The number of hydrogen-bond donors (Lipinski definition) is 1. The van der Waals surface area contributed by atoms with E-state index in [1.54, 1.807) is 18.2 Å². The number of benzene rings is 2. The van der Waals surface area contributed by atoms with Crippen LogP contribution in [0.25, 0.3) is 11.1 Å². The van der Waals surface area contributed by atoms with E-state index in [0.717, 1.165) is 11.6 Å². The predicted octanol–water partition coefficient (Wildman–Crippen LogP) is 4.92. The Hall–Kier alpha value is -1.52. The summed E-state index contributed by atoms with van der Waals surface area (Å²) in [4.78, 5) is 0. The van der Waals surface area contributed by atoms with E-state index in [9.17, 15) is 13.2 Å². The highest BCUT2D eigenvalue weighted by molar-refractivity contribution is 6.31. The second-order valence-electron chi connectivity index (χ2n) is 5.06. The van der Waals surface area contributed by atoms with Gasteiger partial charge in [-0.2, -0.15) is 0 Å². The molecule has 0 radical (unpaired) electrons. The topological polar surface area (TPSA) is 12.0 Å². The molecular formula is C16H15ClF3N. The summed E-state index contributed by atoms with van der Waals surface area (Å²) in [6, 6.07) is 7.34. The lowest BCUT2D eigenvalue weighted by atomic mass is 10.0. The van der Waals surface area contributed by atoms with Crippen molar-refractivity contribution in [3.05, 3.63) is 58.4 Å². The fourth-order valence-electron chi connectivity index (χ4n) is 1.92. The summed E-state index contributed by atoms with van der Waals surface area (Å²) in [6.07, 6.45) is 0. The van der Waals surface area contributed by atoms with E-state index in [0.29, 0.717) is 23.2 Å². The third-order valence-corrected chi connectivity index (χ3v) is 3.45. The van der Waals surface area contributed by atoms with Crippen LogP contribution in [0.4, 0.5) is 13.2 Å². The summed E-state index contributed by atoms with van der Waals surface area (Å²) >= 11 is 6.16. The molecule has 21 heavy (non-hydrogen) atoms. The van der Waals surface area contributed by atoms with Crippen LogP contribution in [0.3, 0.4) is 0 Å². The SMILES string of the molecule is CC(C)NCc1ccc(-c2ccc(F)c(F)c2F)cc1Cl. The highest BCUT2D eigenvalue weighted by Gasteiger charge is 2.15. The Labute approximate surface area is 126 Å². The van der Waals surface area contributed by atoms with Crippen molar-refractivity contribution in [3.63, 3.8) is 0 Å². The summed E-state index contributed by atoms with van der Waals surface area (Å²) in [5.74, 6) is -3.90. The maximum atomic E-state index is 13.8.